The molecule has 1 saturated heterocycles. The lowest BCUT2D eigenvalue weighted by atomic mass is 10.1. The zero-order valence-corrected chi connectivity index (χ0v) is 20.0. The lowest BCUT2D eigenvalue weighted by Gasteiger charge is -2.34. The third-order valence-electron chi connectivity index (χ3n) is 5.73. The fourth-order valence-corrected chi connectivity index (χ4v) is 4.04. The number of piperazine rings is 1. The van der Waals surface area contributed by atoms with Crippen molar-refractivity contribution in [3.8, 4) is 5.75 Å². The molecule has 0 radical (unpaired) electrons. The number of nitrogens with one attached hydrogen (secondary N) is 3. The first kappa shape index (κ1) is 24.2. The molecule has 0 unspecified atom stereocenters. The fourth-order valence-electron chi connectivity index (χ4n) is 3.84. The zero-order chi connectivity index (χ0) is 24.9. The number of methoxy groups -OCH3 is 1. The van der Waals surface area contributed by atoms with Crippen LogP contribution < -0.4 is 20.3 Å². The monoisotopic (exact) mass is 496 g/mol. The first-order valence-electron chi connectivity index (χ1n) is 10.9. The molecular formula is C23H25ClN8O3. The summed E-state index contributed by atoms with van der Waals surface area (Å²) in [7, 11) is 3.53. The second-order valence-corrected chi connectivity index (χ2v) is 8.35. The normalized spacial score (nSPS) is 17.1. The van der Waals surface area contributed by atoms with Gasteiger partial charge in [-0.05, 0) is 19.2 Å². The third kappa shape index (κ3) is 5.26. The molecule has 2 aromatic rings. The van der Waals surface area contributed by atoms with Gasteiger partial charge in [-0.2, -0.15) is 0 Å². The van der Waals surface area contributed by atoms with Crippen LogP contribution in [0.15, 0.2) is 48.5 Å². The maximum absolute atomic E-state index is 11.9. The summed E-state index contributed by atoms with van der Waals surface area (Å²) in [6.07, 6.45) is 9.76. The number of hydrogen-bond donors (Lipinski definition) is 3. The van der Waals surface area contributed by atoms with Crippen LogP contribution >= 0.6 is 11.6 Å². The number of aromatic nitrogens is 2. The van der Waals surface area contributed by atoms with E-state index in [2.05, 4.69) is 25.5 Å². The quantitative estimate of drug-likeness (QED) is 0.299. The molecule has 0 aliphatic carbocycles. The molecule has 1 aromatic carbocycles. The SMILES string of the molecule is COc1cc(N2CCN(C)CC2)c([N+](=O)[O-])cc1Nc1ncc(Cl)c(/C(C=N)=C2\C=CC=CN2)n1. The minimum Gasteiger partial charge on any atom is -0.494 e. The predicted octanol–water partition coefficient (Wildman–Crippen LogP) is 3.58. The highest BCUT2D eigenvalue weighted by molar-refractivity contribution is 6.33. The number of anilines is 3. The largest absolute Gasteiger partial charge is 0.494 e. The van der Waals surface area contributed by atoms with E-state index in [0.717, 1.165) is 19.3 Å². The van der Waals surface area contributed by atoms with Crippen LogP contribution in [0.1, 0.15) is 5.69 Å². The van der Waals surface area contributed by atoms with Gasteiger partial charge in [0.15, 0.2) is 0 Å². The second-order valence-electron chi connectivity index (χ2n) is 7.94. The van der Waals surface area contributed by atoms with Gasteiger partial charge in [-0.15, -0.1) is 0 Å². The average molecular weight is 497 g/mol. The smallest absolute Gasteiger partial charge is 0.294 e. The highest BCUT2D eigenvalue weighted by atomic mass is 35.5. The molecule has 0 bridgehead atoms. The summed E-state index contributed by atoms with van der Waals surface area (Å²) >= 11 is 6.35. The van der Waals surface area contributed by atoms with E-state index in [1.807, 2.05) is 24.1 Å². The van der Waals surface area contributed by atoms with Gasteiger partial charge in [0.05, 0.1) is 34.6 Å². The van der Waals surface area contributed by atoms with Crippen LogP contribution in [0.5, 0.6) is 5.75 Å². The van der Waals surface area contributed by atoms with Gasteiger partial charge in [0.25, 0.3) is 5.69 Å². The van der Waals surface area contributed by atoms with E-state index in [-0.39, 0.29) is 16.7 Å². The van der Waals surface area contributed by atoms with E-state index < -0.39 is 4.92 Å². The lowest BCUT2D eigenvalue weighted by Crippen LogP contribution is -2.44. The summed E-state index contributed by atoms with van der Waals surface area (Å²) < 4.78 is 5.55. The van der Waals surface area contributed by atoms with E-state index in [1.54, 1.807) is 18.3 Å². The Bertz CT molecular complexity index is 1240. The minimum atomic E-state index is -0.404. The Balaban J connectivity index is 1.71. The number of nitro groups is 1. The Hall–Kier alpha value is -3.96. The summed E-state index contributed by atoms with van der Waals surface area (Å²) in [4.78, 5) is 24.4. The van der Waals surface area contributed by atoms with Gasteiger partial charge in [-0.25, -0.2) is 9.97 Å². The molecule has 2 aliphatic rings. The molecule has 0 spiro atoms. The highest BCUT2D eigenvalue weighted by Gasteiger charge is 2.26. The van der Waals surface area contributed by atoms with Crippen molar-refractivity contribution in [3.05, 3.63) is 69.3 Å². The van der Waals surface area contributed by atoms with Crippen molar-refractivity contribution in [3.63, 3.8) is 0 Å². The van der Waals surface area contributed by atoms with E-state index in [1.165, 1.54) is 19.4 Å². The van der Waals surface area contributed by atoms with Crippen molar-refractivity contribution < 1.29 is 9.66 Å². The topological polar surface area (TPSA) is 133 Å². The lowest BCUT2D eigenvalue weighted by molar-refractivity contribution is -0.384. The first-order chi connectivity index (χ1) is 16.9. The number of rotatable bonds is 7. The Morgan fingerprint density at radius 3 is 2.71 bits per heavy atom. The summed E-state index contributed by atoms with van der Waals surface area (Å²) in [5.74, 6) is 0.567. The minimum absolute atomic E-state index is 0.0438. The molecule has 1 aromatic heterocycles. The summed E-state index contributed by atoms with van der Waals surface area (Å²) in [5, 5.41) is 26.1. The summed E-state index contributed by atoms with van der Waals surface area (Å²) in [6, 6.07) is 3.09. The molecule has 0 saturated carbocycles. The molecule has 11 nitrogen and oxygen atoms in total. The predicted molar refractivity (Wildman–Crippen MR) is 137 cm³/mol. The average Bonchev–Trinajstić information content (AvgIpc) is 2.87. The van der Waals surface area contributed by atoms with Crippen LogP contribution in [0.4, 0.5) is 23.0 Å². The van der Waals surface area contributed by atoms with Crippen LogP contribution in [0, 0.1) is 15.5 Å². The van der Waals surface area contributed by atoms with Crippen molar-refractivity contribution in [2.75, 3.05) is 50.6 Å². The molecule has 4 rings (SSSR count). The van der Waals surface area contributed by atoms with Crippen LogP contribution in [0.2, 0.25) is 5.02 Å². The number of likely N-dealkylation sites (N-methyl/N-ethyl adjacent to an activating group) is 1. The third-order valence-corrected chi connectivity index (χ3v) is 6.00. The number of ether oxygens (including phenoxy) is 1. The summed E-state index contributed by atoms with van der Waals surface area (Å²) in [5.41, 5.74) is 2.25. The maximum Gasteiger partial charge on any atom is 0.294 e. The number of nitro benzene ring substituents is 1. The van der Waals surface area contributed by atoms with Gasteiger partial charge in [-0.3, -0.25) is 10.1 Å². The molecule has 12 heteroatoms. The molecule has 182 valence electrons. The van der Waals surface area contributed by atoms with Crippen molar-refractivity contribution in [2.45, 2.75) is 0 Å². The van der Waals surface area contributed by atoms with Crippen molar-refractivity contribution in [1.82, 2.24) is 20.2 Å². The van der Waals surface area contributed by atoms with Crippen molar-refractivity contribution in [2.24, 2.45) is 0 Å². The Morgan fingerprint density at radius 1 is 1.31 bits per heavy atom. The molecule has 1 fully saturated rings. The molecule has 3 N–H and O–H groups in total. The number of dihydropyridines is 1. The Morgan fingerprint density at radius 2 is 2.09 bits per heavy atom. The molecular weight excluding hydrogens is 472 g/mol. The second kappa shape index (κ2) is 10.5. The zero-order valence-electron chi connectivity index (χ0n) is 19.3. The Kier molecular flexibility index (Phi) is 7.28. The molecule has 0 atom stereocenters. The molecule has 35 heavy (non-hydrogen) atoms. The van der Waals surface area contributed by atoms with Gasteiger partial charge >= 0.3 is 0 Å². The van der Waals surface area contributed by atoms with Crippen LogP contribution in [-0.2, 0) is 0 Å². The van der Waals surface area contributed by atoms with Crippen LogP contribution in [0.25, 0.3) is 5.57 Å². The van der Waals surface area contributed by atoms with E-state index in [0.29, 0.717) is 47.2 Å². The number of benzene rings is 1. The molecule has 0 amide bonds. The maximum atomic E-state index is 11.9. The van der Waals surface area contributed by atoms with E-state index in [4.69, 9.17) is 21.7 Å². The standard InChI is InChI=1S/C23H25ClN8O3/c1-30-7-9-31(10-8-30)19-12-21(35-2)18(11-20(19)32(33)34)28-23-27-14-16(24)22(29-23)15(13-25)17-5-3-4-6-26-17/h3-6,11-14,25-26H,7-10H2,1-2H3,(H,27,28,29)/b17-15+,25-13?. The number of halogens is 1. The highest BCUT2D eigenvalue weighted by Crippen LogP contribution is 2.39. The van der Waals surface area contributed by atoms with E-state index >= 15 is 0 Å². The molecule has 2 aliphatic heterocycles. The fraction of sp³-hybridized carbons (Fsp3) is 0.261. The van der Waals surface area contributed by atoms with Gasteiger partial charge < -0.3 is 30.6 Å². The number of hydrogen-bond acceptors (Lipinski definition) is 10. The Labute approximate surface area is 207 Å². The van der Waals surface area contributed by atoms with E-state index in [9.17, 15) is 10.1 Å². The van der Waals surface area contributed by atoms with Gasteiger partial charge in [0.2, 0.25) is 5.95 Å². The molecule has 3 heterocycles. The number of nitrogens with zero attached hydrogens (tertiary/aromatic N) is 5. The van der Waals surface area contributed by atoms with Crippen LogP contribution in [0.3, 0.4) is 0 Å². The summed E-state index contributed by atoms with van der Waals surface area (Å²) in [6.45, 7) is 2.97. The number of allylic oxidation sites excluding steroid dienone is 4. The van der Waals surface area contributed by atoms with Gasteiger partial charge in [-0.1, -0.05) is 17.7 Å². The van der Waals surface area contributed by atoms with Crippen molar-refractivity contribution >= 4 is 46.4 Å². The first-order valence-corrected chi connectivity index (χ1v) is 11.2. The van der Waals surface area contributed by atoms with Gasteiger partial charge in [0, 0.05) is 62.0 Å². The van der Waals surface area contributed by atoms with Gasteiger partial charge in [0.1, 0.15) is 11.4 Å². The van der Waals surface area contributed by atoms with Crippen molar-refractivity contribution in [1.29, 1.82) is 5.41 Å². The van der Waals surface area contributed by atoms with Crippen LogP contribution in [-0.4, -0.2) is 66.3 Å².